The molecule has 1 unspecified atom stereocenters. The maximum absolute atomic E-state index is 12.2. The van der Waals surface area contributed by atoms with Crippen molar-refractivity contribution in [1.82, 2.24) is 10.3 Å². The summed E-state index contributed by atoms with van der Waals surface area (Å²) in [6.45, 7) is 1.82. The Morgan fingerprint density at radius 2 is 1.74 bits per heavy atom. The Kier molecular flexibility index (Phi) is 5.23. The zero-order valence-corrected chi connectivity index (χ0v) is 12.9. The molecule has 7 heteroatoms. The fraction of sp³-hybridized carbons (Fsp3) is 0.375. The maximum Gasteiger partial charge on any atom is 0.261 e. The number of ketones is 1. The number of carbonyl (C=O) groups is 4. The average Bonchev–Trinajstić information content (AvgIpc) is 2.81. The predicted octanol–water partition coefficient (Wildman–Crippen LogP) is 0.648. The Bertz CT molecular complexity index is 621. The lowest BCUT2D eigenvalue weighted by molar-refractivity contribution is -0.134. The van der Waals surface area contributed by atoms with Crippen molar-refractivity contribution >= 4 is 23.5 Å². The van der Waals surface area contributed by atoms with E-state index < -0.39 is 23.6 Å². The van der Waals surface area contributed by atoms with Gasteiger partial charge in [0, 0.05) is 13.0 Å². The second-order valence-corrected chi connectivity index (χ2v) is 5.37. The first-order valence-corrected chi connectivity index (χ1v) is 7.49. The van der Waals surface area contributed by atoms with Crippen molar-refractivity contribution in [3.05, 3.63) is 35.4 Å². The minimum absolute atomic E-state index is 0.0384. The first-order valence-electron chi connectivity index (χ1n) is 7.49. The lowest BCUT2D eigenvalue weighted by Gasteiger charge is -2.16. The molecule has 1 aromatic rings. The summed E-state index contributed by atoms with van der Waals surface area (Å²) in [4.78, 5) is 49.3. The first-order chi connectivity index (χ1) is 11.0. The van der Waals surface area contributed by atoms with Gasteiger partial charge in [-0.1, -0.05) is 25.5 Å². The van der Waals surface area contributed by atoms with E-state index >= 15 is 0 Å². The van der Waals surface area contributed by atoms with E-state index in [0.717, 1.165) is 4.90 Å². The van der Waals surface area contributed by atoms with Gasteiger partial charge >= 0.3 is 0 Å². The van der Waals surface area contributed by atoms with Crippen LogP contribution >= 0.6 is 0 Å². The van der Waals surface area contributed by atoms with Gasteiger partial charge in [-0.05, 0) is 18.6 Å². The van der Waals surface area contributed by atoms with Crippen LogP contribution in [-0.2, 0) is 9.59 Å². The monoisotopic (exact) mass is 317 g/mol. The zero-order chi connectivity index (χ0) is 17.0. The Morgan fingerprint density at radius 3 is 2.22 bits per heavy atom. The van der Waals surface area contributed by atoms with Crippen LogP contribution in [0.5, 0.6) is 0 Å². The number of carbonyl (C=O) groups excluding carboxylic acids is 4. The van der Waals surface area contributed by atoms with Gasteiger partial charge in [0.15, 0.2) is 0 Å². The third-order valence-electron chi connectivity index (χ3n) is 3.88. The second kappa shape index (κ2) is 7.15. The zero-order valence-electron chi connectivity index (χ0n) is 12.9. The topological polar surface area (TPSA) is 110 Å². The Hall–Kier alpha value is -2.54. The molecule has 0 radical (unpaired) electrons. The molecule has 0 spiro atoms. The van der Waals surface area contributed by atoms with E-state index in [0.29, 0.717) is 24.0 Å². The number of hydrazine groups is 1. The molecule has 1 heterocycles. The lowest BCUT2D eigenvalue weighted by atomic mass is 9.95. The number of amides is 3. The second-order valence-electron chi connectivity index (χ2n) is 5.37. The summed E-state index contributed by atoms with van der Waals surface area (Å²) in [5.41, 5.74) is 2.67. The maximum atomic E-state index is 12.2. The van der Waals surface area contributed by atoms with Crippen LogP contribution in [0.1, 0.15) is 46.9 Å². The predicted molar refractivity (Wildman–Crippen MR) is 82.2 cm³/mol. The molecule has 0 saturated carbocycles. The number of rotatable bonds is 7. The standard InChI is InChI=1S/C16H19N3O4/c1-2-5-12(14(21)18-17)13(20)8-9-19-15(22)10-6-3-4-7-11(10)16(19)23/h3-4,6-7,12H,2,5,8-9,17H2,1H3,(H,18,21). The van der Waals surface area contributed by atoms with E-state index in [1.165, 1.54) is 0 Å². The first kappa shape index (κ1) is 16.8. The number of fused-ring (bicyclic) bond motifs is 1. The van der Waals surface area contributed by atoms with Gasteiger partial charge in [-0.2, -0.15) is 0 Å². The largest absolute Gasteiger partial charge is 0.299 e. The van der Waals surface area contributed by atoms with Crippen LogP contribution < -0.4 is 11.3 Å². The van der Waals surface area contributed by atoms with Crippen molar-refractivity contribution in [2.75, 3.05) is 6.54 Å². The summed E-state index contributed by atoms with van der Waals surface area (Å²) < 4.78 is 0. The number of Topliss-reactive ketones (excluding diaryl/α,β-unsaturated/α-hetero) is 1. The summed E-state index contributed by atoms with van der Waals surface area (Å²) >= 11 is 0. The SMILES string of the molecule is CCCC(C(=O)CCN1C(=O)c2ccccc2C1=O)C(=O)NN. The van der Waals surface area contributed by atoms with E-state index in [4.69, 9.17) is 5.84 Å². The molecule has 3 N–H and O–H groups in total. The smallest absolute Gasteiger partial charge is 0.261 e. The van der Waals surface area contributed by atoms with Crippen LogP contribution in [0, 0.1) is 5.92 Å². The van der Waals surface area contributed by atoms with Crippen LogP contribution in [0.25, 0.3) is 0 Å². The van der Waals surface area contributed by atoms with Crippen LogP contribution in [0.2, 0.25) is 0 Å². The number of hydrogen-bond acceptors (Lipinski definition) is 5. The average molecular weight is 317 g/mol. The van der Waals surface area contributed by atoms with Crippen LogP contribution in [0.15, 0.2) is 24.3 Å². The molecule has 2 rings (SSSR count). The van der Waals surface area contributed by atoms with Gasteiger partial charge in [-0.15, -0.1) is 0 Å². The normalized spacial score (nSPS) is 14.6. The van der Waals surface area contributed by atoms with Crippen molar-refractivity contribution in [2.45, 2.75) is 26.2 Å². The minimum Gasteiger partial charge on any atom is -0.299 e. The molecule has 1 aliphatic heterocycles. The molecule has 0 bridgehead atoms. The Labute approximate surface area is 133 Å². The molecule has 0 aliphatic carbocycles. The van der Waals surface area contributed by atoms with Crippen LogP contribution in [0.3, 0.4) is 0 Å². The van der Waals surface area contributed by atoms with E-state index in [1.807, 2.05) is 12.3 Å². The summed E-state index contributed by atoms with van der Waals surface area (Å²) in [7, 11) is 0. The van der Waals surface area contributed by atoms with Gasteiger partial charge in [0.05, 0.1) is 17.0 Å². The van der Waals surface area contributed by atoms with E-state index in [2.05, 4.69) is 0 Å². The number of nitrogens with zero attached hydrogens (tertiary/aromatic N) is 1. The van der Waals surface area contributed by atoms with Crippen LogP contribution in [0.4, 0.5) is 0 Å². The Balaban J connectivity index is 2.04. The summed E-state index contributed by atoms with van der Waals surface area (Å²) in [6, 6.07) is 6.53. The van der Waals surface area contributed by atoms with E-state index in [-0.39, 0.29) is 18.7 Å². The molecule has 7 nitrogen and oxygen atoms in total. The highest BCUT2D eigenvalue weighted by atomic mass is 16.2. The highest BCUT2D eigenvalue weighted by Crippen LogP contribution is 2.23. The molecule has 0 fully saturated rings. The molecule has 1 aromatic carbocycles. The Morgan fingerprint density at radius 1 is 1.17 bits per heavy atom. The number of nitrogens with one attached hydrogen (secondary N) is 1. The van der Waals surface area contributed by atoms with Crippen molar-refractivity contribution in [1.29, 1.82) is 0 Å². The van der Waals surface area contributed by atoms with Crippen molar-refractivity contribution in [2.24, 2.45) is 11.8 Å². The molecule has 0 aromatic heterocycles. The third-order valence-corrected chi connectivity index (χ3v) is 3.88. The van der Waals surface area contributed by atoms with Crippen molar-refractivity contribution in [3.8, 4) is 0 Å². The van der Waals surface area contributed by atoms with Gasteiger partial charge in [-0.25, -0.2) is 5.84 Å². The molecule has 1 aliphatic rings. The van der Waals surface area contributed by atoms with E-state index in [1.54, 1.807) is 24.3 Å². The van der Waals surface area contributed by atoms with Crippen molar-refractivity contribution in [3.63, 3.8) is 0 Å². The number of hydrogen-bond donors (Lipinski definition) is 2. The highest BCUT2D eigenvalue weighted by molar-refractivity contribution is 6.21. The molecular weight excluding hydrogens is 298 g/mol. The highest BCUT2D eigenvalue weighted by Gasteiger charge is 2.35. The molecule has 23 heavy (non-hydrogen) atoms. The molecule has 3 amide bonds. The fourth-order valence-electron chi connectivity index (χ4n) is 2.67. The molecule has 122 valence electrons. The third kappa shape index (κ3) is 3.29. The molecule has 1 atom stereocenters. The van der Waals surface area contributed by atoms with Gasteiger partial charge in [-0.3, -0.25) is 29.5 Å². The quantitative estimate of drug-likeness (QED) is 0.252. The van der Waals surface area contributed by atoms with Gasteiger partial charge in [0.1, 0.15) is 5.78 Å². The van der Waals surface area contributed by atoms with Gasteiger partial charge < -0.3 is 0 Å². The van der Waals surface area contributed by atoms with Crippen molar-refractivity contribution < 1.29 is 19.2 Å². The van der Waals surface area contributed by atoms with Gasteiger partial charge in [0.2, 0.25) is 5.91 Å². The summed E-state index contributed by atoms with van der Waals surface area (Å²) in [5, 5.41) is 0. The minimum atomic E-state index is -0.847. The number of imide groups is 1. The van der Waals surface area contributed by atoms with E-state index in [9.17, 15) is 19.2 Å². The molecule has 0 saturated heterocycles. The van der Waals surface area contributed by atoms with Gasteiger partial charge in [0.25, 0.3) is 11.8 Å². The number of benzene rings is 1. The summed E-state index contributed by atoms with van der Waals surface area (Å²) in [6.07, 6.45) is 0.963. The summed E-state index contributed by atoms with van der Waals surface area (Å²) in [5.74, 6) is 2.56. The number of nitrogens with two attached hydrogens (primary N) is 1. The fourth-order valence-corrected chi connectivity index (χ4v) is 2.67. The van der Waals surface area contributed by atoms with Crippen LogP contribution in [-0.4, -0.2) is 34.9 Å². The molecular formula is C16H19N3O4. The lowest BCUT2D eigenvalue weighted by Crippen LogP contribution is -2.40.